The van der Waals surface area contributed by atoms with Gasteiger partial charge < -0.3 is 14.2 Å². The predicted octanol–water partition coefficient (Wildman–Crippen LogP) is 9.39. The minimum absolute atomic E-state index is 0.125. The average Bonchev–Trinajstić information content (AvgIpc) is 3.59. The van der Waals surface area contributed by atoms with E-state index < -0.39 is 5.91 Å². The molecule has 202 valence electrons. The zero-order valence-electron chi connectivity index (χ0n) is 21.0. The number of nitrogens with one attached hydrogen (secondary N) is 2. The molecule has 6 aromatic rings. The average molecular weight is 619 g/mol. The van der Waals surface area contributed by atoms with E-state index in [4.69, 9.17) is 55.9 Å². The molecule has 0 aliphatic rings. The Morgan fingerprint density at radius 1 is 0.829 bits per heavy atom. The number of nitrogens with zero attached hydrogens (tertiary/aromatic N) is 1. The number of amides is 1. The lowest BCUT2D eigenvalue weighted by Crippen LogP contribution is -2.32. The van der Waals surface area contributed by atoms with Gasteiger partial charge in [-0.1, -0.05) is 59.1 Å². The van der Waals surface area contributed by atoms with Crippen molar-refractivity contribution >= 4 is 91.7 Å². The van der Waals surface area contributed by atoms with Crippen LogP contribution in [-0.2, 0) is 4.79 Å². The lowest BCUT2D eigenvalue weighted by Gasteiger charge is -2.07. The maximum Gasteiger partial charge on any atom is 0.250 e. The van der Waals surface area contributed by atoms with E-state index in [0.717, 1.165) is 16.3 Å². The molecule has 0 unspecified atom stereocenters. The number of thiocarbonyl (C=S) groups is 1. The molecule has 10 heteroatoms. The van der Waals surface area contributed by atoms with Gasteiger partial charge in [-0.25, -0.2) is 4.98 Å². The molecule has 0 radical (unpaired) electrons. The standard InChI is InChI=1S/C31H18Cl3N3O3S/c32-17-7-11-23(25(34)15-17)27-13-9-19(39-27)10-14-29(38)37-31(41)35-18-8-12-28-26(16-18)36-30(40-28)22-5-1-4-21-20(22)3-2-6-24(21)33/h1-16H,(H2,35,37,38,41)/b14-10+. The van der Waals surface area contributed by atoms with Crippen molar-refractivity contribution in [2.45, 2.75) is 0 Å². The summed E-state index contributed by atoms with van der Waals surface area (Å²) in [4.78, 5) is 17.1. The lowest BCUT2D eigenvalue weighted by molar-refractivity contribution is -0.115. The Bertz CT molecular complexity index is 2000. The van der Waals surface area contributed by atoms with Gasteiger partial charge >= 0.3 is 0 Å². The monoisotopic (exact) mass is 617 g/mol. The molecule has 0 fully saturated rings. The zero-order chi connectivity index (χ0) is 28.5. The SMILES string of the molecule is O=C(/C=C/c1ccc(-c2ccc(Cl)cc2Cl)o1)NC(=S)Nc1ccc2oc(-c3cccc4c(Cl)cccc34)nc2c1. The molecule has 41 heavy (non-hydrogen) atoms. The first-order valence-electron chi connectivity index (χ1n) is 12.3. The highest BCUT2D eigenvalue weighted by Crippen LogP contribution is 2.34. The number of hydrogen-bond donors (Lipinski definition) is 2. The quantitative estimate of drug-likeness (QED) is 0.148. The van der Waals surface area contributed by atoms with Crippen molar-refractivity contribution in [2.75, 3.05) is 5.32 Å². The van der Waals surface area contributed by atoms with Gasteiger partial charge in [-0.05, 0) is 84.3 Å². The third kappa shape index (κ3) is 5.85. The number of carbonyl (C=O) groups is 1. The number of aromatic nitrogens is 1. The molecule has 0 aliphatic carbocycles. The molecule has 0 spiro atoms. The van der Waals surface area contributed by atoms with Gasteiger partial charge in [0.25, 0.3) is 0 Å². The second-order valence-corrected chi connectivity index (χ2v) is 10.6. The van der Waals surface area contributed by atoms with E-state index in [2.05, 4.69) is 15.6 Å². The number of anilines is 1. The maximum atomic E-state index is 12.4. The van der Waals surface area contributed by atoms with E-state index in [-0.39, 0.29) is 5.11 Å². The Morgan fingerprint density at radius 3 is 2.51 bits per heavy atom. The van der Waals surface area contributed by atoms with Gasteiger partial charge in [0, 0.05) is 38.3 Å². The van der Waals surface area contributed by atoms with Gasteiger partial charge in [-0.15, -0.1) is 0 Å². The van der Waals surface area contributed by atoms with E-state index in [1.807, 2.05) is 36.4 Å². The first-order valence-corrected chi connectivity index (χ1v) is 13.8. The first kappa shape index (κ1) is 27.1. The molecule has 1 amide bonds. The molecule has 2 N–H and O–H groups in total. The Kier molecular flexibility index (Phi) is 7.51. The number of carbonyl (C=O) groups excluding carboxylic acids is 1. The number of benzene rings is 4. The van der Waals surface area contributed by atoms with E-state index in [1.165, 1.54) is 12.2 Å². The second kappa shape index (κ2) is 11.4. The fraction of sp³-hybridized carbons (Fsp3) is 0. The summed E-state index contributed by atoms with van der Waals surface area (Å²) in [6.45, 7) is 0. The van der Waals surface area contributed by atoms with Crippen LogP contribution in [0, 0.1) is 0 Å². The van der Waals surface area contributed by atoms with Crippen LogP contribution in [0.15, 0.2) is 99.8 Å². The fourth-order valence-electron chi connectivity index (χ4n) is 4.33. The highest BCUT2D eigenvalue weighted by molar-refractivity contribution is 7.80. The van der Waals surface area contributed by atoms with Gasteiger partial charge in [0.15, 0.2) is 10.7 Å². The fourth-order valence-corrected chi connectivity index (χ4v) is 5.29. The molecule has 6 rings (SSSR count). The smallest absolute Gasteiger partial charge is 0.250 e. The summed E-state index contributed by atoms with van der Waals surface area (Å²) in [6.07, 6.45) is 2.86. The molecule has 6 nitrogen and oxygen atoms in total. The summed E-state index contributed by atoms with van der Waals surface area (Å²) >= 11 is 23.9. The van der Waals surface area contributed by atoms with E-state index in [0.29, 0.717) is 54.8 Å². The minimum atomic E-state index is -0.426. The van der Waals surface area contributed by atoms with E-state index >= 15 is 0 Å². The van der Waals surface area contributed by atoms with Gasteiger partial charge in [0.1, 0.15) is 17.0 Å². The van der Waals surface area contributed by atoms with Gasteiger partial charge in [0.05, 0.1) is 5.02 Å². The largest absolute Gasteiger partial charge is 0.457 e. The number of oxazole rings is 1. The summed E-state index contributed by atoms with van der Waals surface area (Å²) in [5, 5.41) is 9.27. The van der Waals surface area contributed by atoms with Crippen LogP contribution in [0.2, 0.25) is 15.1 Å². The van der Waals surface area contributed by atoms with Crippen molar-refractivity contribution in [3.05, 3.63) is 112 Å². The summed E-state index contributed by atoms with van der Waals surface area (Å²) in [5.41, 5.74) is 3.42. The van der Waals surface area contributed by atoms with Gasteiger partial charge in [0.2, 0.25) is 11.8 Å². The molecule has 0 bridgehead atoms. The third-order valence-electron chi connectivity index (χ3n) is 6.20. The van der Waals surface area contributed by atoms with Crippen molar-refractivity contribution in [3.8, 4) is 22.8 Å². The predicted molar refractivity (Wildman–Crippen MR) is 170 cm³/mol. The highest BCUT2D eigenvalue weighted by atomic mass is 35.5. The molecule has 0 saturated heterocycles. The summed E-state index contributed by atoms with van der Waals surface area (Å²) < 4.78 is 11.8. The number of fused-ring (bicyclic) bond motifs is 2. The highest BCUT2D eigenvalue weighted by Gasteiger charge is 2.14. The van der Waals surface area contributed by atoms with Crippen LogP contribution < -0.4 is 10.6 Å². The van der Waals surface area contributed by atoms with E-state index in [1.54, 1.807) is 48.5 Å². The normalized spacial score (nSPS) is 11.4. The van der Waals surface area contributed by atoms with Crippen molar-refractivity contribution in [1.82, 2.24) is 10.3 Å². The van der Waals surface area contributed by atoms with Crippen LogP contribution >= 0.6 is 47.0 Å². The van der Waals surface area contributed by atoms with Gasteiger partial charge in [-0.2, -0.15) is 0 Å². The first-order chi connectivity index (χ1) is 19.8. The molecule has 0 atom stereocenters. The van der Waals surface area contributed by atoms with Crippen LogP contribution in [-0.4, -0.2) is 16.0 Å². The summed E-state index contributed by atoms with van der Waals surface area (Å²) in [6, 6.07) is 25.5. The van der Waals surface area contributed by atoms with Crippen LogP contribution in [0.4, 0.5) is 5.69 Å². The van der Waals surface area contributed by atoms with Crippen LogP contribution in [0.25, 0.3) is 50.7 Å². The summed E-state index contributed by atoms with van der Waals surface area (Å²) in [5.74, 6) is 1.08. The number of rotatable bonds is 5. The van der Waals surface area contributed by atoms with Crippen molar-refractivity contribution in [3.63, 3.8) is 0 Å². The van der Waals surface area contributed by atoms with Crippen LogP contribution in [0.1, 0.15) is 5.76 Å². The Labute approximate surface area is 254 Å². The van der Waals surface area contributed by atoms with Gasteiger partial charge in [-0.3, -0.25) is 10.1 Å². The number of furan rings is 1. The molecule has 2 aromatic heterocycles. The Morgan fingerprint density at radius 2 is 1.66 bits per heavy atom. The number of halogens is 3. The van der Waals surface area contributed by atoms with Crippen molar-refractivity contribution < 1.29 is 13.6 Å². The lowest BCUT2D eigenvalue weighted by atomic mass is 10.0. The van der Waals surface area contributed by atoms with Crippen LogP contribution in [0.5, 0.6) is 0 Å². The zero-order valence-corrected chi connectivity index (χ0v) is 24.0. The Balaban J connectivity index is 1.12. The van der Waals surface area contributed by atoms with Crippen LogP contribution in [0.3, 0.4) is 0 Å². The van der Waals surface area contributed by atoms with E-state index in [9.17, 15) is 4.79 Å². The minimum Gasteiger partial charge on any atom is -0.457 e. The second-order valence-electron chi connectivity index (χ2n) is 8.94. The molecule has 0 saturated carbocycles. The topological polar surface area (TPSA) is 80.3 Å². The van der Waals surface area contributed by atoms with Crippen molar-refractivity contribution in [1.29, 1.82) is 0 Å². The molecule has 4 aromatic carbocycles. The molecule has 0 aliphatic heterocycles. The maximum absolute atomic E-state index is 12.4. The molecule has 2 heterocycles. The Hall–Kier alpha value is -4.14. The summed E-state index contributed by atoms with van der Waals surface area (Å²) in [7, 11) is 0. The third-order valence-corrected chi connectivity index (χ3v) is 7.29. The molecular formula is C31H18Cl3N3O3S. The number of hydrogen-bond acceptors (Lipinski definition) is 5. The molecular weight excluding hydrogens is 601 g/mol. The van der Waals surface area contributed by atoms with Crippen molar-refractivity contribution in [2.24, 2.45) is 0 Å².